The van der Waals surface area contributed by atoms with Crippen molar-refractivity contribution in [1.29, 1.82) is 0 Å². The van der Waals surface area contributed by atoms with Gasteiger partial charge in [-0.3, -0.25) is 9.59 Å². The van der Waals surface area contributed by atoms with Gasteiger partial charge in [0.1, 0.15) is 17.1 Å². The smallest absolute Gasteiger partial charge is 0.279 e. The first kappa shape index (κ1) is 30.4. The largest absolute Gasteiger partial charge is 0.506 e. The topological polar surface area (TPSA) is 70.1 Å². The van der Waals surface area contributed by atoms with Gasteiger partial charge >= 0.3 is 0 Å². The summed E-state index contributed by atoms with van der Waals surface area (Å²) in [6, 6.07) is 11.7. The molecule has 0 aromatic heterocycles. The predicted molar refractivity (Wildman–Crippen MR) is 164 cm³/mol. The van der Waals surface area contributed by atoms with Crippen LogP contribution in [0.3, 0.4) is 0 Å². The van der Waals surface area contributed by atoms with Gasteiger partial charge in [0.2, 0.25) is 0 Å². The van der Waals surface area contributed by atoms with E-state index in [4.69, 9.17) is 4.74 Å². The molecule has 2 amide bonds. The number of carbonyl (C=O) groups is 2. The molecular weight excluding hydrogens is 540 g/mol. The number of thioether (sulfide) groups is 2. The zero-order valence-electron chi connectivity index (χ0n) is 24.2. The summed E-state index contributed by atoms with van der Waals surface area (Å²) >= 11 is 2.69. The molecule has 1 fully saturated rings. The first-order valence-electron chi connectivity index (χ1n) is 14.8. The van der Waals surface area contributed by atoms with E-state index in [1.165, 1.54) is 29.9 Å². The van der Waals surface area contributed by atoms with Crippen LogP contribution >= 0.6 is 23.5 Å². The van der Waals surface area contributed by atoms with Crippen LogP contribution in [0.1, 0.15) is 79.1 Å². The van der Waals surface area contributed by atoms with Crippen molar-refractivity contribution in [2.45, 2.75) is 88.9 Å². The van der Waals surface area contributed by atoms with Gasteiger partial charge in [0.15, 0.2) is 0 Å². The number of nitrogens with zero attached hydrogens (tertiary/aromatic N) is 2. The summed E-state index contributed by atoms with van der Waals surface area (Å²) in [6.45, 7) is 10.2. The number of ether oxygens (including phenoxy) is 1. The Balaban J connectivity index is 1.73. The second-order valence-corrected chi connectivity index (χ2v) is 12.8. The highest BCUT2D eigenvalue weighted by Gasteiger charge is 2.44. The molecular formula is C32H42N2O4S2. The highest BCUT2D eigenvalue weighted by atomic mass is 32.2. The Morgan fingerprint density at radius 2 is 1.45 bits per heavy atom. The Bertz CT molecular complexity index is 1200. The average Bonchev–Trinajstić information content (AvgIpc) is 3.51. The fraction of sp³-hybridized carbons (Fsp3) is 0.500. The summed E-state index contributed by atoms with van der Waals surface area (Å²) in [5, 5.41) is 14.7. The molecule has 8 heteroatoms. The molecule has 1 N–H and O–H groups in total. The summed E-state index contributed by atoms with van der Waals surface area (Å²) in [5.74, 6) is 0.807. The van der Waals surface area contributed by atoms with Crippen molar-refractivity contribution in [3.63, 3.8) is 0 Å². The maximum atomic E-state index is 13.6. The second-order valence-electron chi connectivity index (χ2n) is 10.5. The number of rotatable bonds is 14. The molecule has 2 heterocycles. The van der Waals surface area contributed by atoms with Crippen LogP contribution in [-0.2, 0) is 9.59 Å². The molecule has 40 heavy (non-hydrogen) atoms. The maximum Gasteiger partial charge on any atom is 0.279 e. The second kappa shape index (κ2) is 14.4. The Labute approximate surface area is 247 Å². The number of hydrogen-bond acceptors (Lipinski definition) is 6. The zero-order chi connectivity index (χ0) is 28.6. The van der Waals surface area contributed by atoms with E-state index in [0.29, 0.717) is 46.1 Å². The van der Waals surface area contributed by atoms with Crippen LogP contribution in [0.5, 0.6) is 11.5 Å². The number of phenols is 1. The van der Waals surface area contributed by atoms with Gasteiger partial charge in [-0.15, -0.1) is 0 Å². The normalized spacial score (nSPS) is 15.8. The van der Waals surface area contributed by atoms with E-state index in [0.717, 1.165) is 55.4 Å². The number of amides is 2. The van der Waals surface area contributed by atoms with Crippen molar-refractivity contribution < 1.29 is 19.4 Å². The predicted octanol–water partition coefficient (Wildman–Crippen LogP) is 8.25. The van der Waals surface area contributed by atoms with E-state index in [1.54, 1.807) is 10.0 Å². The minimum atomic E-state index is -0.242. The van der Waals surface area contributed by atoms with Crippen molar-refractivity contribution in [1.82, 2.24) is 10.0 Å². The Kier molecular flexibility index (Phi) is 10.9. The standard InChI is InChI=1S/C32H42N2O4S2/c1-5-9-15-22(8-4)21-38-25-20-24(23-16-13-12-14-17-23)27(35)29-28(25)39-32(40-29)26-30(36)33(18-10-6-2)34(31(26)37)19-11-7-3/h12-14,16-17,20,22,35H,5-11,15,18-19,21H2,1-4H3. The first-order valence-corrected chi connectivity index (χ1v) is 16.4. The van der Waals surface area contributed by atoms with Crippen LogP contribution in [0.4, 0.5) is 0 Å². The molecule has 2 aromatic rings. The molecule has 1 saturated heterocycles. The van der Waals surface area contributed by atoms with E-state index in [9.17, 15) is 14.7 Å². The lowest BCUT2D eigenvalue weighted by Crippen LogP contribution is -2.42. The van der Waals surface area contributed by atoms with Crippen LogP contribution < -0.4 is 4.74 Å². The van der Waals surface area contributed by atoms with Gasteiger partial charge in [-0.1, -0.05) is 114 Å². The molecule has 4 rings (SSSR count). The maximum absolute atomic E-state index is 13.6. The molecule has 0 radical (unpaired) electrons. The number of phenolic OH excluding ortho intramolecular Hbond substituents is 1. The quantitative estimate of drug-likeness (QED) is 0.179. The SMILES string of the molecule is CCCCC(CC)COc1cc(-c2ccccc2)c(O)c2c1SC(=C1C(=O)N(CCCC)N(CCCC)C1=O)S2. The number of fused-ring (bicyclic) bond motifs is 1. The molecule has 216 valence electrons. The third-order valence-electron chi connectivity index (χ3n) is 7.51. The lowest BCUT2D eigenvalue weighted by molar-refractivity contribution is -0.147. The summed E-state index contributed by atoms with van der Waals surface area (Å²) < 4.78 is 7.09. The monoisotopic (exact) mass is 582 g/mol. The minimum absolute atomic E-state index is 0.156. The molecule has 0 saturated carbocycles. The molecule has 0 spiro atoms. The van der Waals surface area contributed by atoms with Crippen molar-refractivity contribution in [3.05, 3.63) is 46.2 Å². The van der Waals surface area contributed by atoms with E-state index in [-0.39, 0.29) is 23.1 Å². The molecule has 1 unspecified atom stereocenters. The molecule has 1 atom stereocenters. The number of carbonyl (C=O) groups excluding carboxylic acids is 2. The molecule has 2 aromatic carbocycles. The highest BCUT2D eigenvalue weighted by Crippen LogP contribution is 2.61. The van der Waals surface area contributed by atoms with Crippen molar-refractivity contribution in [2.24, 2.45) is 5.92 Å². The van der Waals surface area contributed by atoms with Crippen molar-refractivity contribution in [2.75, 3.05) is 19.7 Å². The Morgan fingerprint density at radius 1 is 0.850 bits per heavy atom. The number of unbranched alkanes of at least 4 members (excludes halogenated alkanes) is 3. The zero-order valence-corrected chi connectivity index (χ0v) is 25.8. The number of hydrogen-bond donors (Lipinski definition) is 1. The molecule has 0 aliphatic carbocycles. The van der Waals surface area contributed by atoms with Crippen LogP contribution in [0, 0.1) is 5.92 Å². The van der Waals surface area contributed by atoms with Crippen molar-refractivity contribution in [3.8, 4) is 22.6 Å². The minimum Gasteiger partial charge on any atom is -0.506 e. The number of benzene rings is 2. The summed E-state index contributed by atoms with van der Waals surface area (Å²) in [4.78, 5) is 28.7. The van der Waals surface area contributed by atoms with Crippen LogP contribution in [0.15, 0.2) is 56.0 Å². The number of hydrazine groups is 1. The van der Waals surface area contributed by atoms with E-state index < -0.39 is 0 Å². The fourth-order valence-electron chi connectivity index (χ4n) is 4.96. The van der Waals surface area contributed by atoms with Gasteiger partial charge < -0.3 is 9.84 Å². The van der Waals surface area contributed by atoms with Gasteiger partial charge in [-0.25, -0.2) is 10.0 Å². The van der Waals surface area contributed by atoms with E-state index >= 15 is 0 Å². The molecule has 2 aliphatic rings. The Hall–Kier alpha value is -2.58. The molecule has 2 aliphatic heterocycles. The van der Waals surface area contributed by atoms with Gasteiger partial charge in [0.25, 0.3) is 11.8 Å². The van der Waals surface area contributed by atoms with E-state index in [2.05, 4.69) is 27.7 Å². The lowest BCUT2D eigenvalue weighted by Gasteiger charge is -2.27. The van der Waals surface area contributed by atoms with Gasteiger partial charge in [0, 0.05) is 18.7 Å². The average molecular weight is 583 g/mol. The molecule has 0 bridgehead atoms. The lowest BCUT2D eigenvalue weighted by atomic mass is 10.0. The van der Waals surface area contributed by atoms with E-state index in [1.807, 2.05) is 36.4 Å². The fourth-order valence-corrected chi connectivity index (χ4v) is 7.61. The van der Waals surface area contributed by atoms with Gasteiger partial charge in [-0.05, 0) is 36.8 Å². The number of aromatic hydroxyl groups is 1. The molecule has 6 nitrogen and oxygen atoms in total. The van der Waals surface area contributed by atoms with Crippen LogP contribution in [-0.4, -0.2) is 46.6 Å². The van der Waals surface area contributed by atoms with Gasteiger partial charge in [-0.2, -0.15) is 0 Å². The third-order valence-corrected chi connectivity index (χ3v) is 10.1. The summed E-state index contributed by atoms with van der Waals surface area (Å²) in [7, 11) is 0. The van der Waals surface area contributed by atoms with Crippen LogP contribution in [0.2, 0.25) is 0 Å². The van der Waals surface area contributed by atoms with Gasteiger partial charge in [0.05, 0.1) is 20.6 Å². The Morgan fingerprint density at radius 3 is 2.02 bits per heavy atom. The van der Waals surface area contributed by atoms with Crippen molar-refractivity contribution >= 4 is 35.3 Å². The van der Waals surface area contributed by atoms with Crippen LogP contribution in [0.25, 0.3) is 11.1 Å². The summed E-state index contributed by atoms with van der Waals surface area (Å²) in [5.41, 5.74) is 1.79. The third kappa shape index (κ3) is 6.49. The first-order chi connectivity index (χ1) is 19.4. The summed E-state index contributed by atoms with van der Waals surface area (Å²) in [6.07, 6.45) is 8.01. The highest BCUT2D eigenvalue weighted by molar-refractivity contribution is 8.25.